The molecule has 2 amide bonds. The van der Waals surface area contributed by atoms with Gasteiger partial charge in [-0.25, -0.2) is 0 Å². The van der Waals surface area contributed by atoms with Gasteiger partial charge in [-0.05, 0) is 57.4 Å². The van der Waals surface area contributed by atoms with Gasteiger partial charge in [0, 0.05) is 37.8 Å². The molecule has 2 aliphatic heterocycles. The first kappa shape index (κ1) is 32.3. The van der Waals surface area contributed by atoms with E-state index in [0.29, 0.717) is 51.0 Å². The summed E-state index contributed by atoms with van der Waals surface area (Å²) in [5.41, 5.74) is 0.357. The van der Waals surface area contributed by atoms with Crippen LogP contribution in [0.3, 0.4) is 0 Å². The number of epoxide rings is 1. The number of likely N-dealkylation sites (tertiary alicyclic amines) is 1. The molecule has 1 aromatic heterocycles. The number of benzene rings is 1. The van der Waals surface area contributed by atoms with E-state index in [0.717, 1.165) is 5.56 Å². The van der Waals surface area contributed by atoms with Gasteiger partial charge in [-0.1, -0.05) is 49.3 Å². The number of carbonyl (C=O) groups is 5. The predicted molar refractivity (Wildman–Crippen MR) is 158 cm³/mol. The summed E-state index contributed by atoms with van der Waals surface area (Å²) in [4.78, 5) is 67.6. The van der Waals surface area contributed by atoms with E-state index >= 15 is 0 Å². The first-order chi connectivity index (χ1) is 20.5. The molecule has 4 rings (SSSR count). The van der Waals surface area contributed by atoms with Crippen LogP contribution in [-0.4, -0.2) is 70.1 Å². The summed E-state index contributed by atoms with van der Waals surface area (Å²) in [5.74, 6) is -1.21. The van der Waals surface area contributed by atoms with Gasteiger partial charge >= 0.3 is 0 Å². The van der Waals surface area contributed by atoms with Crippen LogP contribution in [0.4, 0.5) is 0 Å². The Morgan fingerprint density at radius 3 is 2.47 bits per heavy atom. The predicted octanol–water partition coefficient (Wildman–Crippen LogP) is 4.03. The molecule has 3 heterocycles. The van der Waals surface area contributed by atoms with E-state index in [2.05, 4.69) is 10.5 Å². The summed E-state index contributed by atoms with van der Waals surface area (Å²) in [5, 5.41) is 6.68. The third kappa shape index (κ3) is 8.69. The van der Waals surface area contributed by atoms with Crippen molar-refractivity contribution >= 4 is 29.2 Å². The molecule has 1 N–H and O–H groups in total. The first-order valence-electron chi connectivity index (χ1n) is 15.3. The molecule has 0 saturated carbocycles. The molecule has 2 aliphatic rings. The monoisotopic (exact) mass is 593 g/mol. The number of rotatable bonds is 16. The molecule has 0 radical (unpaired) electrons. The van der Waals surface area contributed by atoms with Crippen molar-refractivity contribution in [2.45, 2.75) is 96.7 Å². The second-order valence-corrected chi connectivity index (χ2v) is 12.5. The number of carbonyl (C=O) groups excluding carboxylic acids is 5. The molecule has 4 atom stereocenters. The summed E-state index contributed by atoms with van der Waals surface area (Å²) in [6, 6.07) is 9.93. The Balaban J connectivity index is 1.42. The maximum absolute atomic E-state index is 13.7. The summed E-state index contributed by atoms with van der Waals surface area (Å²) < 4.78 is 10.3. The number of Topliss-reactive ketones (excluding diaryl/α,β-unsaturated/α-hetero) is 3. The highest BCUT2D eigenvalue weighted by Gasteiger charge is 2.50. The number of ketones is 3. The van der Waals surface area contributed by atoms with Crippen LogP contribution in [0.2, 0.25) is 0 Å². The zero-order valence-corrected chi connectivity index (χ0v) is 25.6. The van der Waals surface area contributed by atoms with Crippen molar-refractivity contribution in [3.05, 3.63) is 53.4 Å². The van der Waals surface area contributed by atoms with Crippen LogP contribution in [0, 0.1) is 18.8 Å². The number of amides is 2. The molecule has 2 fully saturated rings. The molecule has 0 spiro atoms. The maximum Gasteiger partial charge on any atom is 0.224 e. The molecule has 0 bridgehead atoms. The lowest BCUT2D eigenvalue weighted by Gasteiger charge is -2.27. The molecule has 10 heteroatoms. The molecule has 43 heavy (non-hydrogen) atoms. The fourth-order valence-corrected chi connectivity index (χ4v) is 5.69. The van der Waals surface area contributed by atoms with Crippen molar-refractivity contribution in [2.24, 2.45) is 11.8 Å². The van der Waals surface area contributed by atoms with E-state index in [-0.39, 0.29) is 60.0 Å². The van der Waals surface area contributed by atoms with Crippen LogP contribution < -0.4 is 5.32 Å². The topological polar surface area (TPSA) is 139 Å². The van der Waals surface area contributed by atoms with Crippen LogP contribution in [0.5, 0.6) is 0 Å². The highest BCUT2D eigenvalue weighted by atomic mass is 16.6. The summed E-state index contributed by atoms with van der Waals surface area (Å²) >= 11 is 0. The lowest BCUT2D eigenvalue weighted by Crippen LogP contribution is -2.49. The number of hydrogen-bond acceptors (Lipinski definition) is 8. The second-order valence-electron chi connectivity index (χ2n) is 12.5. The molecule has 10 nitrogen and oxygen atoms in total. The highest BCUT2D eigenvalue weighted by Crippen LogP contribution is 2.30. The fraction of sp³-hybridized carbons (Fsp3) is 0.576. The minimum Gasteiger partial charge on any atom is -0.361 e. The van der Waals surface area contributed by atoms with Crippen LogP contribution in [0.25, 0.3) is 0 Å². The van der Waals surface area contributed by atoms with Gasteiger partial charge < -0.3 is 19.5 Å². The average Bonchev–Trinajstić information content (AvgIpc) is 3.34. The average molecular weight is 594 g/mol. The van der Waals surface area contributed by atoms with E-state index in [1.165, 1.54) is 6.07 Å². The smallest absolute Gasteiger partial charge is 0.224 e. The van der Waals surface area contributed by atoms with Gasteiger partial charge in [0.15, 0.2) is 17.3 Å². The standard InChI is InChI=1S/C33H43N3O7/c1-21(2)17-26(31(40)33(4)20-42-33)34-32(41)24(13-12-23-9-6-5-7-10-23)19-29(38)27-11-8-16-36(27)30(39)15-14-28(37)25-18-22(3)43-35-25/h5-7,9-10,18,21,24,26-27H,8,11-17,19-20H2,1-4H3,(H,34,41)/t24-,26+,27+,33-/m1/s1. The molecule has 232 valence electrons. The van der Waals surface area contributed by atoms with E-state index in [4.69, 9.17) is 9.26 Å². The Kier molecular flexibility index (Phi) is 10.7. The Bertz CT molecular complexity index is 1310. The maximum atomic E-state index is 13.7. The number of nitrogens with one attached hydrogen (secondary N) is 1. The number of aryl methyl sites for hydroxylation is 2. The van der Waals surface area contributed by atoms with Crippen LogP contribution in [0.1, 0.15) is 87.5 Å². The summed E-state index contributed by atoms with van der Waals surface area (Å²) in [7, 11) is 0. The molecule has 0 aliphatic carbocycles. The van der Waals surface area contributed by atoms with Gasteiger partial charge in [-0.2, -0.15) is 0 Å². The van der Waals surface area contributed by atoms with Crippen LogP contribution in [0.15, 0.2) is 40.9 Å². The normalized spacial score (nSPS) is 21.0. The van der Waals surface area contributed by atoms with Crippen molar-refractivity contribution in [1.29, 1.82) is 0 Å². The first-order valence-corrected chi connectivity index (χ1v) is 15.3. The molecular formula is C33H43N3O7. The molecule has 1 aromatic carbocycles. The van der Waals surface area contributed by atoms with Crippen molar-refractivity contribution in [1.82, 2.24) is 15.4 Å². The molecular weight excluding hydrogens is 550 g/mol. The van der Waals surface area contributed by atoms with Gasteiger partial charge in [0.2, 0.25) is 11.8 Å². The summed E-state index contributed by atoms with van der Waals surface area (Å²) in [6.45, 7) is 8.17. The Hall–Kier alpha value is -3.66. The minimum atomic E-state index is -0.874. The number of aromatic nitrogens is 1. The Morgan fingerprint density at radius 1 is 1.12 bits per heavy atom. The molecule has 0 unspecified atom stereocenters. The van der Waals surface area contributed by atoms with Crippen LogP contribution in [-0.2, 0) is 30.3 Å². The van der Waals surface area contributed by atoms with Gasteiger partial charge in [-0.15, -0.1) is 0 Å². The van der Waals surface area contributed by atoms with Crippen molar-refractivity contribution in [2.75, 3.05) is 13.2 Å². The van der Waals surface area contributed by atoms with Crippen molar-refractivity contribution < 1.29 is 33.2 Å². The van der Waals surface area contributed by atoms with Gasteiger partial charge in [-0.3, -0.25) is 24.0 Å². The van der Waals surface area contributed by atoms with E-state index in [1.54, 1.807) is 18.7 Å². The highest BCUT2D eigenvalue weighted by molar-refractivity contribution is 5.99. The lowest BCUT2D eigenvalue weighted by atomic mass is 9.89. The quantitative estimate of drug-likeness (QED) is 0.227. The van der Waals surface area contributed by atoms with Crippen molar-refractivity contribution in [3.8, 4) is 0 Å². The SMILES string of the molecule is Cc1cc(C(=O)CCC(=O)N2CCC[C@H]2C(=O)C[C@@H](CCc2ccccc2)C(=O)N[C@@H](CC(C)C)C(=O)[C@@]2(C)CO2)no1. The Morgan fingerprint density at radius 2 is 1.84 bits per heavy atom. The molecule has 2 aromatic rings. The fourth-order valence-electron chi connectivity index (χ4n) is 5.69. The number of hydrogen-bond donors (Lipinski definition) is 1. The Labute approximate surface area is 252 Å². The van der Waals surface area contributed by atoms with Crippen LogP contribution >= 0.6 is 0 Å². The zero-order valence-electron chi connectivity index (χ0n) is 25.6. The van der Waals surface area contributed by atoms with Gasteiger partial charge in [0.25, 0.3) is 0 Å². The second kappa shape index (κ2) is 14.2. The largest absolute Gasteiger partial charge is 0.361 e. The molecule has 2 saturated heterocycles. The third-order valence-corrected chi connectivity index (χ3v) is 8.31. The number of ether oxygens (including phenoxy) is 1. The zero-order chi connectivity index (χ0) is 31.1. The third-order valence-electron chi connectivity index (χ3n) is 8.31. The lowest BCUT2D eigenvalue weighted by molar-refractivity contribution is -0.139. The summed E-state index contributed by atoms with van der Waals surface area (Å²) in [6.07, 6.45) is 2.56. The van der Waals surface area contributed by atoms with Gasteiger partial charge in [0.1, 0.15) is 17.1 Å². The van der Waals surface area contributed by atoms with E-state index < -0.39 is 23.6 Å². The van der Waals surface area contributed by atoms with Gasteiger partial charge in [0.05, 0.1) is 18.7 Å². The van der Waals surface area contributed by atoms with E-state index in [1.807, 2.05) is 44.2 Å². The van der Waals surface area contributed by atoms with Crippen molar-refractivity contribution in [3.63, 3.8) is 0 Å². The minimum absolute atomic E-state index is 0.0295. The van der Waals surface area contributed by atoms with E-state index in [9.17, 15) is 24.0 Å². The number of nitrogens with zero attached hydrogens (tertiary/aromatic N) is 2.